The molecule has 33 heavy (non-hydrogen) atoms. The summed E-state index contributed by atoms with van der Waals surface area (Å²) in [5.41, 5.74) is 2.34. The Morgan fingerprint density at radius 1 is 1.21 bits per heavy atom. The lowest BCUT2D eigenvalue weighted by molar-refractivity contribution is -0.143. The molecule has 2 heterocycles. The number of methoxy groups -OCH3 is 1. The van der Waals surface area contributed by atoms with E-state index in [9.17, 15) is 9.59 Å². The number of carbonyl (C=O) groups excluding carboxylic acids is 2. The molecular formula is C26H36N2O4S. The number of aryl methyl sites for hydroxylation is 1. The van der Waals surface area contributed by atoms with Gasteiger partial charge >= 0.3 is 0 Å². The summed E-state index contributed by atoms with van der Waals surface area (Å²) in [4.78, 5) is 31.2. The van der Waals surface area contributed by atoms with E-state index in [1.165, 1.54) is 10.4 Å². The van der Waals surface area contributed by atoms with E-state index >= 15 is 0 Å². The van der Waals surface area contributed by atoms with Gasteiger partial charge in [0.25, 0.3) is 0 Å². The van der Waals surface area contributed by atoms with Gasteiger partial charge in [0, 0.05) is 38.1 Å². The van der Waals surface area contributed by atoms with E-state index in [0.717, 1.165) is 17.7 Å². The molecule has 0 aliphatic carbocycles. The molecule has 1 aromatic carbocycles. The number of hydrogen-bond donors (Lipinski definition) is 0. The van der Waals surface area contributed by atoms with Gasteiger partial charge < -0.3 is 19.3 Å². The highest BCUT2D eigenvalue weighted by atomic mass is 32.1. The Bertz CT molecular complexity index is 909. The third kappa shape index (κ3) is 7.05. The lowest BCUT2D eigenvalue weighted by Gasteiger charge is -2.37. The van der Waals surface area contributed by atoms with E-state index in [1.807, 2.05) is 49.9 Å². The van der Waals surface area contributed by atoms with Gasteiger partial charge in [-0.15, -0.1) is 11.3 Å². The van der Waals surface area contributed by atoms with E-state index < -0.39 is 0 Å². The number of fused-ring (bicyclic) bond motifs is 1. The Hall–Kier alpha value is -2.38. The highest BCUT2D eigenvalue weighted by molar-refractivity contribution is 7.10. The van der Waals surface area contributed by atoms with Crippen molar-refractivity contribution >= 4 is 23.2 Å². The summed E-state index contributed by atoms with van der Waals surface area (Å²) in [7, 11) is 1.65. The Morgan fingerprint density at radius 3 is 2.67 bits per heavy atom. The average Bonchev–Trinajstić information content (AvgIpc) is 3.26. The Labute approximate surface area is 201 Å². The van der Waals surface area contributed by atoms with Crippen LogP contribution in [0.5, 0.6) is 5.75 Å². The number of amides is 2. The number of hydrogen-bond acceptors (Lipinski definition) is 5. The summed E-state index contributed by atoms with van der Waals surface area (Å²) in [6.45, 7) is 8.29. The molecule has 2 amide bonds. The third-order valence-electron chi connectivity index (χ3n) is 5.88. The van der Waals surface area contributed by atoms with Gasteiger partial charge in [-0.2, -0.15) is 0 Å². The standard InChI is InChI=1S/C26H36N2O4S/c1-19(2)16-25(29)27(12-5-14-31-4)17-26(30)28-13-10-24-22(11-15-33-24)23(28)18-32-21-8-6-20(3)7-9-21/h6-9,11,15,19,23H,5,10,12-14,16-18H2,1-4H3/t23-/m0/s1. The van der Waals surface area contributed by atoms with Crippen molar-refractivity contribution in [3.05, 3.63) is 51.7 Å². The van der Waals surface area contributed by atoms with Crippen molar-refractivity contribution in [2.75, 3.05) is 40.0 Å². The SMILES string of the molecule is COCCCN(CC(=O)N1CCc2sccc2[C@@H]1COc1ccc(C)cc1)C(=O)CC(C)C. The predicted octanol–water partition coefficient (Wildman–Crippen LogP) is 4.47. The van der Waals surface area contributed by atoms with Crippen LogP contribution in [-0.4, -0.2) is 61.6 Å². The third-order valence-corrected chi connectivity index (χ3v) is 6.88. The zero-order valence-corrected chi connectivity index (χ0v) is 21.0. The quantitative estimate of drug-likeness (QED) is 0.453. The molecule has 0 fully saturated rings. The van der Waals surface area contributed by atoms with E-state index in [2.05, 4.69) is 11.4 Å². The minimum Gasteiger partial charge on any atom is -0.491 e. The highest BCUT2D eigenvalue weighted by Crippen LogP contribution is 2.34. The van der Waals surface area contributed by atoms with Crippen molar-refractivity contribution in [2.45, 2.75) is 46.1 Å². The summed E-state index contributed by atoms with van der Waals surface area (Å²) in [6.07, 6.45) is 1.99. The van der Waals surface area contributed by atoms with Gasteiger partial charge in [0.15, 0.2) is 0 Å². The van der Waals surface area contributed by atoms with Crippen molar-refractivity contribution in [1.82, 2.24) is 9.80 Å². The van der Waals surface area contributed by atoms with Crippen LogP contribution in [-0.2, 0) is 20.7 Å². The maximum atomic E-state index is 13.5. The molecular weight excluding hydrogens is 436 g/mol. The molecule has 6 nitrogen and oxygen atoms in total. The van der Waals surface area contributed by atoms with Crippen LogP contribution >= 0.6 is 11.3 Å². The van der Waals surface area contributed by atoms with Gasteiger partial charge in [-0.05, 0) is 54.8 Å². The molecule has 0 saturated heterocycles. The minimum atomic E-state index is -0.158. The molecule has 2 aromatic rings. The topological polar surface area (TPSA) is 59.1 Å². The second-order valence-corrected chi connectivity index (χ2v) is 10.0. The van der Waals surface area contributed by atoms with Crippen LogP contribution < -0.4 is 4.74 Å². The zero-order valence-electron chi connectivity index (χ0n) is 20.2. The molecule has 0 bridgehead atoms. The summed E-state index contributed by atoms with van der Waals surface area (Å²) in [5.74, 6) is 1.04. The molecule has 0 N–H and O–H groups in total. The second kappa shape index (κ2) is 12.2. The maximum Gasteiger partial charge on any atom is 0.242 e. The molecule has 0 unspecified atom stereocenters. The monoisotopic (exact) mass is 472 g/mol. The molecule has 1 aromatic heterocycles. The van der Waals surface area contributed by atoms with Gasteiger partial charge in [-0.1, -0.05) is 31.5 Å². The highest BCUT2D eigenvalue weighted by Gasteiger charge is 2.33. The number of carbonyl (C=O) groups is 2. The van der Waals surface area contributed by atoms with E-state index in [-0.39, 0.29) is 30.3 Å². The van der Waals surface area contributed by atoms with Gasteiger partial charge in [0.05, 0.1) is 12.6 Å². The summed E-state index contributed by atoms with van der Waals surface area (Å²) >= 11 is 1.73. The number of rotatable bonds is 11. The summed E-state index contributed by atoms with van der Waals surface area (Å²) in [5, 5.41) is 2.08. The molecule has 1 atom stereocenters. The Kier molecular flexibility index (Phi) is 9.32. The first-order valence-electron chi connectivity index (χ1n) is 11.7. The second-order valence-electron chi connectivity index (χ2n) is 9.04. The summed E-state index contributed by atoms with van der Waals surface area (Å²) in [6, 6.07) is 9.90. The van der Waals surface area contributed by atoms with E-state index in [1.54, 1.807) is 23.3 Å². The van der Waals surface area contributed by atoms with Crippen LogP contribution in [0.15, 0.2) is 35.7 Å². The van der Waals surface area contributed by atoms with Crippen LogP contribution in [0, 0.1) is 12.8 Å². The minimum absolute atomic E-state index is 0.0233. The largest absolute Gasteiger partial charge is 0.491 e. The van der Waals surface area contributed by atoms with Crippen LogP contribution in [0.4, 0.5) is 0 Å². The Balaban J connectivity index is 1.73. The van der Waals surface area contributed by atoms with Gasteiger partial charge in [0.2, 0.25) is 11.8 Å². The van der Waals surface area contributed by atoms with Crippen molar-refractivity contribution < 1.29 is 19.1 Å². The predicted molar refractivity (Wildman–Crippen MR) is 132 cm³/mol. The lowest BCUT2D eigenvalue weighted by atomic mass is 10.00. The van der Waals surface area contributed by atoms with Crippen molar-refractivity contribution in [1.29, 1.82) is 0 Å². The van der Waals surface area contributed by atoms with Crippen LogP contribution in [0.25, 0.3) is 0 Å². The van der Waals surface area contributed by atoms with Gasteiger partial charge in [-0.25, -0.2) is 0 Å². The molecule has 3 rings (SSSR count). The number of ether oxygens (including phenoxy) is 2. The van der Waals surface area contributed by atoms with Gasteiger partial charge in [0.1, 0.15) is 12.4 Å². The number of thiophene rings is 1. The van der Waals surface area contributed by atoms with Crippen LogP contribution in [0.1, 0.15) is 48.7 Å². The normalized spacial score (nSPS) is 15.4. The molecule has 180 valence electrons. The molecule has 0 spiro atoms. The van der Waals surface area contributed by atoms with Crippen LogP contribution in [0.3, 0.4) is 0 Å². The van der Waals surface area contributed by atoms with Crippen molar-refractivity contribution in [3.8, 4) is 5.75 Å². The van der Waals surface area contributed by atoms with Crippen molar-refractivity contribution in [2.24, 2.45) is 5.92 Å². The number of benzene rings is 1. The summed E-state index contributed by atoms with van der Waals surface area (Å²) < 4.78 is 11.3. The molecule has 7 heteroatoms. The van der Waals surface area contributed by atoms with Gasteiger partial charge in [-0.3, -0.25) is 9.59 Å². The fourth-order valence-electron chi connectivity index (χ4n) is 4.11. The fourth-order valence-corrected chi connectivity index (χ4v) is 5.04. The number of nitrogens with zero attached hydrogens (tertiary/aromatic N) is 2. The Morgan fingerprint density at radius 2 is 1.97 bits per heavy atom. The first-order chi connectivity index (χ1) is 15.9. The van der Waals surface area contributed by atoms with Crippen LogP contribution in [0.2, 0.25) is 0 Å². The average molecular weight is 473 g/mol. The molecule has 1 aliphatic heterocycles. The first kappa shape index (κ1) is 25.2. The molecule has 0 saturated carbocycles. The van der Waals surface area contributed by atoms with E-state index in [4.69, 9.17) is 9.47 Å². The molecule has 0 radical (unpaired) electrons. The molecule has 1 aliphatic rings. The maximum absolute atomic E-state index is 13.5. The zero-order chi connectivity index (χ0) is 23.8. The van der Waals surface area contributed by atoms with Crippen molar-refractivity contribution in [3.63, 3.8) is 0 Å². The van der Waals surface area contributed by atoms with E-state index in [0.29, 0.717) is 39.1 Å². The lowest BCUT2D eigenvalue weighted by Crippen LogP contribution is -2.48. The smallest absolute Gasteiger partial charge is 0.242 e. The first-order valence-corrected chi connectivity index (χ1v) is 12.6. The fraction of sp³-hybridized carbons (Fsp3) is 0.538.